The number of ketones is 1. The standard InChI is InChI=1S/C52H66O5/c1-35(2)21-23-42(38(7)8)30-51-31-43(25-22-36(3)4)50(9,10)52(49(51)55,28-27-37(5)6)32-44(48(51)54)47(53)41-24-26-45(56-33-39-17-13-11-14-18-39)46(29-41)57-34-40-19-15-12-16-20-40/h11-22,24,26-27,29,42-43,49,53,55H,7,23,25,28,30-34H2,1-6,8-10H3. The number of carbonyl (C=O) groups is 1. The Balaban J connectivity index is 1.69. The summed E-state index contributed by atoms with van der Waals surface area (Å²) in [6, 6.07) is 25.3. The Morgan fingerprint density at radius 2 is 1.37 bits per heavy atom. The van der Waals surface area contributed by atoms with Crippen molar-refractivity contribution < 1.29 is 24.5 Å². The summed E-state index contributed by atoms with van der Waals surface area (Å²) in [5.74, 6) is 0.905. The highest BCUT2D eigenvalue weighted by molar-refractivity contribution is 6.06. The number of aliphatic hydroxyl groups excluding tert-OH is 2. The van der Waals surface area contributed by atoms with Gasteiger partial charge in [0.05, 0.1) is 11.5 Å². The lowest BCUT2D eigenvalue weighted by Crippen LogP contribution is -2.68. The van der Waals surface area contributed by atoms with Crippen LogP contribution < -0.4 is 9.47 Å². The lowest BCUT2D eigenvalue weighted by Gasteiger charge is -2.66. The molecule has 0 heterocycles. The van der Waals surface area contributed by atoms with E-state index in [0.29, 0.717) is 55.1 Å². The van der Waals surface area contributed by atoms with Crippen LogP contribution in [0.15, 0.2) is 132 Å². The van der Waals surface area contributed by atoms with Gasteiger partial charge in [0, 0.05) is 16.6 Å². The zero-order valence-electron chi connectivity index (χ0n) is 36.0. The zero-order chi connectivity index (χ0) is 41.5. The number of allylic oxidation sites excluding steroid dienone is 8. The molecule has 2 bridgehead atoms. The molecule has 2 aliphatic carbocycles. The summed E-state index contributed by atoms with van der Waals surface area (Å²) in [6.45, 7) is 24.2. The molecule has 0 spiro atoms. The van der Waals surface area contributed by atoms with Gasteiger partial charge in [-0.2, -0.15) is 0 Å². The van der Waals surface area contributed by atoms with Crippen molar-refractivity contribution in [3.8, 4) is 11.5 Å². The first-order chi connectivity index (χ1) is 27.0. The van der Waals surface area contributed by atoms with Crippen LogP contribution in [-0.2, 0) is 18.0 Å². The number of rotatable bonds is 16. The number of hydrogen-bond donors (Lipinski definition) is 2. The molecule has 0 aliphatic heterocycles. The van der Waals surface area contributed by atoms with E-state index in [2.05, 4.69) is 80.2 Å². The van der Waals surface area contributed by atoms with Gasteiger partial charge in [-0.25, -0.2) is 0 Å². The minimum Gasteiger partial charge on any atom is -0.507 e. The summed E-state index contributed by atoms with van der Waals surface area (Å²) < 4.78 is 12.7. The molecule has 5 nitrogen and oxygen atoms in total. The second-order valence-corrected chi connectivity index (χ2v) is 18.1. The lowest BCUT2D eigenvalue weighted by atomic mass is 9.38. The summed E-state index contributed by atoms with van der Waals surface area (Å²) in [7, 11) is 0. The Labute approximate surface area is 342 Å². The third-order valence-corrected chi connectivity index (χ3v) is 13.0. The van der Waals surface area contributed by atoms with E-state index in [1.165, 1.54) is 11.1 Å². The Hall–Kier alpha value is -4.61. The van der Waals surface area contributed by atoms with Crippen LogP contribution in [0.4, 0.5) is 0 Å². The van der Waals surface area contributed by atoms with Gasteiger partial charge in [0.15, 0.2) is 17.3 Å². The lowest BCUT2D eigenvalue weighted by molar-refractivity contribution is -0.211. The number of hydrogen-bond acceptors (Lipinski definition) is 5. The maximum Gasteiger partial charge on any atom is 0.171 e. The van der Waals surface area contributed by atoms with E-state index in [4.69, 9.17) is 9.47 Å². The predicted molar refractivity (Wildman–Crippen MR) is 235 cm³/mol. The van der Waals surface area contributed by atoms with E-state index < -0.39 is 22.3 Å². The topological polar surface area (TPSA) is 76.0 Å². The van der Waals surface area contributed by atoms with E-state index in [0.717, 1.165) is 35.1 Å². The Kier molecular flexibility index (Phi) is 14.0. The average molecular weight is 771 g/mol. The molecular formula is C52H66O5. The summed E-state index contributed by atoms with van der Waals surface area (Å²) in [4.78, 5) is 15.6. The maximum atomic E-state index is 15.6. The molecule has 2 N–H and O–H groups in total. The van der Waals surface area contributed by atoms with Crippen LogP contribution in [0.25, 0.3) is 5.76 Å². The second-order valence-electron chi connectivity index (χ2n) is 18.1. The summed E-state index contributed by atoms with van der Waals surface area (Å²) in [5, 5.41) is 25.6. The minimum absolute atomic E-state index is 0.0227. The highest BCUT2D eigenvalue weighted by Crippen LogP contribution is 2.69. The zero-order valence-corrected chi connectivity index (χ0v) is 36.0. The number of benzene rings is 3. The molecule has 0 aromatic heterocycles. The van der Waals surface area contributed by atoms with Crippen LogP contribution >= 0.6 is 0 Å². The van der Waals surface area contributed by atoms with Gasteiger partial charge in [-0.05, 0) is 134 Å². The number of ether oxygens (including phenoxy) is 2. The van der Waals surface area contributed by atoms with Crippen LogP contribution in [-0.4, -0.2) is 22.1 Å². The fourth-order valence-corrected chi connectivity index (χ4v) is 9.21. The summed E-state index contributed by atoms with van der Waals surface area (Å²) in [5.41, 5.74) is 5.23. The molecule has 2 saturated carbocycles. The predicted octanol–water partition coefficient (Wildman–Crippen LogP) is 13.1. The van der Waals surface area contributed by atoms with E-state index in [-0.39, 0.29) is 29.8 Å². The van der Waals surface area contributed by atoms with Crippen molar-refractivity contribution in [3.63, 3.8) is 0 Å². The fourth-order valence-electron chi connectivity index (χ4n) is 9.21. The van der Waals surface area contributed by atoms with Crippen LogP contribution in [0.1, 0.15) is 118 Å². The molecule has 5 unspecified atom stereocenters. The van der Waals surface area contributed by atoms with Gasteiger partial charge in [0.25, 0.3) is 0 Å². The number of Topliss-reactive ketones (excluding diaryl/α,β-unsaturated/α-hetero) is 1. The average Bonchev–Trinajstić information content (AvgIpc) is 3.17. The van der Waals surface area contributed by atoms with E-state index in [1.807, 2.05) is 79.7 Å². The molecule has 5 atom stereocenters. The molecule has 2 fully saturated rings. The van der Waals surface area contributed by atoms with Gasteiger partial charge in [-0.3, -0.25) is 4.79 Å². The van der Waals surface area contributed by atoms with Gasteiger partial charge in [-0.15, -0.1) is 0 Å². The van der Waals surface area contributed by atoms with Crippen molar-refractivity contribution in [2.45, 2.75) is 120 Å². The monoisotopic (exact) mass is 770 g/mol. The molecule has 0 saturated heterocycles. The van der Waals surface area contributed by atoms with E-state index >= 15 is 4.79 Å². The normalized spacial score (nSPS) is 23.8. The van der Waals surface area contributed by atoms with Crippen molar-refractivity contribution in [1.29, 1.82) is 0 Å². The first-order valence-electron chi connectivity index (χ1n) is 20.7. The molecule has 5 heteroatoms. The second kappa shape index (κ2) is 18.3. The van der Waals surface area contributed by atoms with Gasteiger partial charge in [0.1, 0.15) is 19.0 Å². The third-order valence-electron chi connectivity index (χ3n) is 13.0. The first-order valence-corrected chi connectivity index (χ1v) is 20.7. The molecule has 3 aromatic carbocycles. The van der Waals surface area contributed by atoms with E-state index in [1.54, 1.807) is 6.07 Å². The first kappa shape index (κ1) is 43.5. The SMILES string of the molecule is C=C(C)C(CC=C(C)C)CC12CC(CC=C(C)C)C(C)(C)C(CC=C(C)C)(CC(=C(O)c3ccc(OCc4ccccc4)c(OCc4ccccc4)c3)C1=O)C2O. The number of aliphatic hydroxyl groups is 2. The van der Waals surface area contributed by atoms with Crippen molar-refractivity contribution in [1.82, 2.24) is 0 Å². The highest BCUT2D eigenvalue weighted by Gasteiger charge is 2.69. The quantitative estimate of drug-likeness (QED) is 0.0862. The largest absolute Gasteiger partial charge is 0.507 e. The fraction of sp³-hybridized carbons (Fsp3) is 0.442. The molecule has 5 rings (SSSR count). The minimum atomic E-state index is -1.13. The van der Waals surface area contributed by atoms with Crippen molar-refractivity contribution in [3.05, 3.63) is 148 Å². The van der Waals surface area contributed by atoms with Crippen LogP contribution in [0.2, 0.25) is 0 Å². The number of carbonyl (C=O) groups excluding carboxylic acids is 1. The van der Waals surface area contributed by atoms with Gasteiger partial charge < -0.3 is 19.7 Å². The Morgan fingerprint density at radius 1 is 0.807 bits per heavy atom. The third kappa shape index (κ3) is 9.58. The Bertz CT molecular complexity index is 2000. The molecular weight excluding hydrogens is 705 g/mol. The molecule has 0 amide bonds. The van der Waals surface area contributed by atoms with Crippen molar-refractivity contribution >= 4 is 11.5 Å². The molecule has 2 aliphatic rings. The van der Waals surface area contributed by atoms with Gasteiger partial charge in [-0.1, -0.05) is 122 Å². The highest BCUT2D eigenvalue weighted by atomic mass is 16.5. The summed E-state index contributed by atoms with van der Waals surface area (Å²) in [6.07, 6.45) is 9.17. The van der Waals surface area contributed by atoms with Crippen molar-refractivity contribution in [2.75, 3.05) is 0 Å². The smallest absolute Gasteiger partial charge is 0.171 e. The van der Waals surface area contributed by atoms with Crippen LogP contribution in [0.3, 0.4) is 0 Å². The number of fused-ring (bicyclic) bond motifs is 2. The molecule has 3 aromatic rings. The Morgan fingerprint density at radius 3 is 1.91 bits per heavy atom. The van der Waals surface area contributed by atoms with E-state index in [9.17, 15) is 10.2 Å². The summed E-state index contributed by atoms with van der Waals surface area (Å²) >= 11 is 0. The molecule has 57 heavy (non-hydrogen) atoms. The van der Waals surface area contributed by atoms with Crippen molar-refractivity contribution in [2.24, 2.45) is 28.1 Å². The maximum absolute atomic E-state index is 15.6. The molecule has 304 valence electrons. The van der Waals surface area contributed by atoms with Gasteiger partial charge >= 0.3 is 0 Å². The molecule has 0 radical (unpaired) electrons. The van der Waals surface area contributed by atoms with Crippen LogP contribution in [0.5, 0.6) is 11.5 Å². The van der Waals surface area contributed by atoms with Gasteiger partial charge in [0.2, 0.25) is 0 Å². The van der Waals surface area contributed by atoms with Crippen LogP contribution in [0, 0.1) is 28.1 Å².